The van der Waals surface area contributed by atoms with Gasteiger partial charge in [-0.1, -0.05) is 43.6 Å². The van der Waals surface area contributed by atoms with Crippen molar-refractivity contribution >= 4 is 21.6 Å². The minimum absolute atomic E-state index is 0.141. The van der Waals surface area contributed by atoms with E-state index in [1.807, 2.05) is 25.1 Å². The quantitative estimate of drug-likeness (QED) is 0.582. The Kier molecular flexibility index (Phi) is 7.57. The molecular formula is C22H29ClN2O3S. The topological polar surface area (TPSA) is 67.4 Å². The summed E-state index contributed by atoms with van der Waals surface area (Å²) in [6.45, 7) is 5.56. The average molecular weight is 437 g/mol. The molecule has 0 fully saturated rings. The van der Waals surface area contributed by atoms with E-state index in [0.717, 1.165) is 23.7 Å². The first-order chi connectivity index (χ1) is 13.9. The van der Waals surface area contributed by atoms with Crippen molar-refractivity contribution in [3.8, 4) is 5.75 Å². The SMILES string of the molecule is CCCS(=O)(=O)NCCOc1ccc2c(c1)C(C(C)c1ccc(Cl)cc1)NCC2. The summed E-state index contributed by atoms with van der Waals surface area (Å²) < 4.78 is 31.8. The van der Waals surface area contributed by atoms with Crippen LogP contribution in [0, 0.1) is 0 Å². The molecule has 1 aliphatic rings. The lowest BCUT2D eigenvalue weighted by Gasteiger charge is -2.32. The monoisotopic (exact) mass is 436 g/mol. The first-order valence-corrected chi connectivity index (χ1v) is 12.1. The van der Waals surface area contributed by atoms with E-state index < -0.39 is 10.0 Å². The van der Waals surface area contributed by atoms with Gasteiger partial charge >= 0.3 is 0 Å². The summed E-state index contributed by atoms with van der Waals surface area (Å²) in [5.74, 6) is 1.18. The highest BCUT2D eigenvalue weighted by molar-refractivity contribution is 7.89. The van der Waals surface area contributed by atoms with Crippen molar-refractivity contribution in [3.05, 3.63) is 64.2 Å². The summed E-state index contributed by atoms with van der Waals surface area (Å²) in [4.78, 5) is 0. The molecule has 5 nitrogen and oxygen atoms in total. The zero-order valence-corrected chi connectivity index (χ0v) is 18.5. The number of ether oxygens (including phenoxy) is 1. The summed E-state index contributed by atoms with van der Waals surface area (Å²) in [7, 11) is -3.20. The van der Waals surface area contributed by atoms with Crippen molar-refractivity contribution in [2.24, 2.45) is 0 Å². The molecule has 0 saturated carbocycles. The fourth-order valence-corrected chi connectivity index (χ4v) is 4.97. The molecule has 0 spiro atoms. The molecule has 0 aliphatic carbocycles. The number of hydrogen-bond acceptors (Lipinski definition) is 4. The normalized spacial score (nSPS) is 17.6. The molecule has 0 bridgehead atoms. The lowest BCUT2D eigenvalue weighted by atomic mass is 9.83. The fourth-order valence-electron chi connectivity index (χ4n) is 3.76. The highest BCUT2D eigenvalue weighted by Gasteiger charge is 2.26. The number of sulfonamides is 1. The van der Waals surface area contributed by atoms with Gasteiger partial charge in [-0.15, -0.1) is 0 Å². The van der Waals surface area contributed by atoms with Gasteiger partial charge in [0.1, 0.15) is 12.4 Å². The van der Waals surface area contributed by atoms with E-state index in [1.54, 1.807) is 0 Å². The van der Waals surface area contributed by atoms with Gasteiger partial charge in [-0.2, -0.15) is 0 Å². The van der Waals surface area contributed by atoms with Crippen LogP contribution < -0.4 is 14.8 Å². The van der Waals surface area contributed by atoms with Crippen LogP contribution in [0.5, 0.6) is 5.75 Å². The summed E-state index contributed by atoms with van der Waals surface area (Å²) >= 11 is 6.04. The lowest BCUT2D eigenvalue weighted by molar-refractivity contribution is 0.321. The fraction of sp³-hybridized carbons (Fsp3) is 0.455. The molecule has 2 atom stereocenters. The largest absolute Gasteiger partial charge is 0.492 e. The predicted molar refractivity (Wildman–Crippen MR) is 118 cm³/mol. The summed E-state index contributed by atoms with van der Waals surface area (Å²) in [6, 6.07) is 14.4. The molecule has 1 aliphatic heterocycles. The maximum atomic E-state index is 11.7. The van der Waals surface area contributed by atoms with Crippen molar-refractivity contribution in [1.29, 1.82) is 0 Å². The second-order valence-corrected chi connectivity index (χ2v) is 9.81. The molecule has 1 heterocycles. The van der Waals surface area contributed by atoms with Crippen LogP contribution in [0.1, 0.15) is 48.9 Å². The zero-order chi connectivity index (χ0) is 20.9. The van der Waals surface area contributed by atoms with E-state index in [-0.39, 0.29) is 24.3 Å². The lowest BCUT2D eigenvalue weighted by Crippen LogP contribution is -2.33. The number of rotatable bonds is 9. The second-order valence-electron chi connectivity index (χ2n) is 7.44. The van der Waals surface area contributed by atoms with E-state index in [0.29, 0.717) is 13.0 Å². The van der Waals surface area contributed by atoms with Gasteiger partial charge in [0.2, 0.25) is 10.0 Å². The first-order valence-electron chi connectivity index (χ1n) is 10.1. The molecule has 2 N–H and O–H groups in total. The molecule has 29 heavy (non-hydrogen) atoms. The third-order valence-corrected chi connectivity index (χ3v) is 7.11. The van der Waals surface area contributed by atoms with Crippen molar-refractivity contribution in [3.63, 3.8) is 0 Å². The third kappa shape index (κ3) is 5.95. The van der Waals surface area contributed by atoms with Crippen molar-refractivity contribution in [2.45, 2.75) is 38.6 Å². The van der Waals surface area contributed by atoms with Crippen LogP contribution in [0.4, 0.5) is 0 Å². The summed E-state index contributed by atoms with van der Waals surface area (Å²) in [5.41, 5.74) is 3.80. The maximum absolute atomic E-state index is 11.7. The van der Waals surface area contributed by atoms with Crippen molar-refractivity contribution in [2.75, 3.05) is 25.4 Å². The number of halogens is 1. The van der Waals surface area contributed by atoms with Crippen LogP contribution in [0.3, 0.4) is 0 Å². The molecule has 2 unspecified atom stereocenters. The maximum Gasteiger partial charge on any atom is 0.211 e. The standard InChI is InChI=1S/C22H29ClN2O3S/c1-3-14-29(26,27)25-12-13-28-20-9-6-18-10-11-24-22(21(18)15-20)16(2)17-4-7-19(23)8-5-17/h4-9,15-16,22,24-25H,3,10-14H2,1-2H3. The van der Waals surface area contributed by atoms with Gasteiger partial charge in [0.15, 0.2) is 0 Å². The second kappa shape index (κ2) is 9.94. The molecule has 0 saturated heterocycles. The number of nitrogens with one attached hydrogen (secondary N) is 2. The van der Waals surface area contributed by atoms with Gasteiger partial charge < -0.3 is 10.1 Å². The van der Waals surface area contributed by atoms with Crippen LogP contribution in [0.15, 0.2) is 42.5 Å². The Morgan fingerprint density at radius 1 is 1.24 bits per heavy atom. The molecule has 158 valence electrons. The van der Waals surface area contributed by atoms with Crippen LogP contribution in [-0.4, -0.2) is 33.9 Å². The average Bonchev–Trinajstić information content (AvgIpc) is 2.71. The number of fused-ring (bicyclic) bond motifs is 1. The van der Waals surface area contributed by atoms with Gasteiger partial charge in [-0.25, -0.2) is 13.1 Å². The van der Waals surface area contributed by atoms with Gasteiger partial charge in [-0.3, -0.25) is 0 Å². The highest BCUT2D eigenvalue weighted by atomic mass is 35.5. The van der Waals surface area contributed by atoms with E-state index in [9.17, 15) is 8.42 Å². The van der Waals surface area contributed by atoms with Gasteiger partial charge in [0, 0.05) is 23.5 Å². The smallest absolute Gasteiger partial charge is 0.211 e. The Labute approximate surface area is 178 Å². The summed E-state index contributed by atoms with van der Waals surface area (Å²) in [5, 5.41) is 4.38. The molecule has 7 heteroatoms. The Morgan fingerprint density at radius 2 is 2.00 bits per heavy atom. The molecule has 0 aromatic heterocycles. The van der Waals surface area contributed by atoms with Crippen LogP contribution in [-0.2, 0) is 16.4 Å². The molecular weight excluding hydrogens is 408 g/mol. The van der Waals surface area contributed by atoms with Gasteiger partial charge in [0.05, 0.1) is 5.75 Å². The van der Waals surface area contributed by atoms with E-state index in [4.69, 9.17) is 16.3 Å². The van der Waals surface area contributed by atoms with E-state index in [2.05, 4.69) is 41.2 Å². The first kappa shape index (κ1) is 22.1. The van der Waals surface area contributed by atoms with Crippen LogP contribution in [0.2, 0.25) is 5.02 Å². The Bertz CT molecular complexity index is 916. The molecule has 0 amide bonds. The molecule has 2 aromatic carbocycles. The molecule has 3 rings (SSSR count). The van der Waals surface area contributed by atoms with Gasteiger partial charge in [0.25, 0.3) is 0 Å². The zero-order valence-electron chi connectivity index (χ0n) is 16.9. The highest BCUT2D eigenvalue weighted by Crippen LogP contribution is 2.36. The minimum Gasteiger partial charge on any atom is -0.492 e. The number of hydrogen-bond donors (Lipinski definition) is 2. The van der Waals surface area contributed by atoms with Crippen LogP contribution in [0.25, 0.3) is 0 Å². The molecule has 0 radical (unpaired) electrons. The Hall–Kier alpha value is -1.60. The van der Waals surface area contributed by atoms with Gasteiger partial charge in [-0.05, 0) is 60.3 Å². The van der Waals surface area contributed by atoms with Crippen LogP contribution >= 0.6 is 11.6 Å². The van der Waals surface area contributed by atoms with Crippen molar-refractivity contribution in [1.82, 2.24) is 10.0 Å². The Balaban J connectivity index is 1.68. The number of benzene rings is 2. The predicted octanol–water partition coefficient (Wildman–Crippen LogP) is 4.04. The Morgan fingerprint density at radius 3 is 2.72 bits per heavy atom. The van der Waals surface area contributed by atoms with Crippen molar-refractivity contribution < 1.29 is 13.2 Å². The third-order valence-electron chi connectivity index (χ3n) is 5.27. The van der Waals surface area contributed by atoms with E-state index >= 15 is 0 Å². The summed E-state index contributed by atoms with van der Waals surface area (Å²) in [6.07, 6.45) is 1.58. The van der Waals surface area contributed by atoms with E-state index in [1.165, 1.54) is 16.7 Å². The molecule has 2 aromatic rings. The minimum atomic E-state index is -3.20.